The van der Waals surface area contributed by atoms with Crippen LogP contribution in [-0.4, -0.2) is 21.8 Å². The fraction of sp³-hybridized carbons (Fsp3) is 0.286. The molecule has 0 saturated heterocycles. The van der Waals surface area contributed by atoms with E-state index in [4.69, 9.17) is 11.6 Å². The van der Waals surface area contributed by atoms with Gasteiger partial charge in [0.1, 0.15) is 5.15 Å². The van der Waals surface area contributed by atoms with Crippen LogP contribution in [0.1, 0.15) is 29.1 Å². The zero-order chi connectivity index (χ0) is 14.7. The second-order valence-electron chi connectivity index (χ2n) is 4.60. The molecule has 0 fully saturated rings. The first kappa shape index (κ1) is 15.5. The molecular formula is C14H14BrClN2OS. The lowest BCUT2D eigenvalue weighted by molar-refractivity contribution is 0.0692. The third-order valence-electron chi connectivity index (χ3n) is 2.83. The van der Waals surface area contributed by atoms with Crippen molar-refractivity contribution in [2.24, 2.45) is 0 Å². The quantitative estimate of drug-likeness (QED) is 0.733. The Bertz CT molecular complexity index is 601. The number of hydrogen-bond donors (Lipinski definition) is 0. The molecule has 2 rings (SSSR count). The Balaban J connectivity index is 2.29. The van der Waals surface area contributed by atoms with Gasteiger partial charge in [-0.2, -0.15) is 0 Å². The molecule has 0 aromatic carbocycles. The summed E-state index contributed by atoms with van der Waals surface area (Å²) in [5, 5.41) is 2.24. The van der Waals surface area contributed by atoms with Crippen molar-refractivity contribution in [3.8, 4) is 0 Å². The van der Waals surface area contributed by atoms with Crippen molar-refractivity contribution in [1.82, 2.24) is 9.88 Å². The standard InChI is InChI=1S/C14H14BrClN2OS/c1-9(2)18(8-11-4-3-5-20-11)14(19)12-6-10(15)7-17-13(12)16/h3-7,9H,8H2,1-2H3. The van der Waals surface area contributed by atoms with E-state index in [-0.39, 0.29) is 17.1 Å². The molecule has 0 atom stereocenters. The van der Waals surface area contributed by atoms with E-state index in [1.807, 2.05) is 31.4 Å². The summed E-state index contributed by atoms with van der Waals surface area (Å²) in [4.78, 5) is 19.6. The van der Waals surface area contributed by atoms with Gasteiger partial charge in [-0.15, -0.1) is 11.3 Å². The second kappa shape index (κ2) is 6.70. The summed E-state index contributed by atoms with van der Waals surface area (Å²) < 4.78 is 0.741. The number of carbonyl (C=O) groups excluding carboxylic acids is 1. The first-order chi connectivity index (χ1) is 9.49. The summed E-state index contributed by atoms with van der Waals surface area (Å²) in [7, 11) is 0. The van der Waals surface area contributed by atoms with Crippen molar-refractivity contribution in [2.75, 3.05) is 0 Å². The maximum Gasteiger partial charge on any atom is 0.257 e. The molecule has 1 amide bonds. The minimum absolute atomic E-state index is 0.0830. The monoisotopic (exact) mass is 372 g/mol. The summed E-state index contributed by atoms with van der Waals surface area (Å²) in [5.41, 5.74) is 0.422. The van der Waals surface area contributed by atoms with Gasteiger partial charge >= 0.3 is 0 Å². The highest BCUT2D eigenvalue weighted by Crippen LogP contribution is 2.22. The molecule has 0 saturated carbocycles. The van der Waals surface area contributed by atoms with Crippen LogP contribution < -0.4 is 0 Å². The lowest BCUT2D eigenvalue weighted by atomic mass is 10.2. The summed E-state index contributed by atoms with van der Waals surface area (Å²) in [5.74, 6) is -0.104. The molecule has 0 N–H and O–H groups in total. The van der Waals surface area contributed by atoms with Crippen LogP contribution in [0, 0.1) is 0 Å². The lowest BCUT2D eigenvalue weighted by Crippen LogP contribution is -2.36. The number of amides is 1. The number of thiophene rings is 1. The molecule has 0 unspecified atom stereocenters. The molecule has 106 valence electrons. The minimum atomic E-state index is -0.104. The Hall–Kier alpha value is -0.910. The highest BCUT2D eigenvalue weighted by molar-refractivity contribution is 9.10. The first-order valence-electron chi connectivity index (χ1n) is 6.13. The van der Waals surface area contributed by atoms with Crippen LogP contribution in [0.3, 0.4) is 0 Å². The third kappa shape index (κ3) is 3.59. The van der Waals surface area contributed by atoms with Crippen LogP contribution in [0.25, 0.3) is 0 Å². The molecule has 2 aromatic rings. The Kier molecular flexibility index (Phi) is 5.18. The molecule has 0 spiro atoms. The van der Waals surface area contributed by atoms with Gasteiger partial charge in [0.2, 0.25) is 0 Å². The maximum atomic E-state index is 12.7. The fourth-order valence-corrected chi connectivity index (χ4v) is 3.00. The zero-order valence-corrected chi connectivity index (χ0v) is 14.3. The third-order valence-corrected chi connectivity index (χ3v) is 4.42. The van der Waals surface area contributed by atoms with Crippen LogP contribution in [0.15, 0.2) is 34.2 Å². The molecule has 0 bridgehead atoms. The van der Waals surface area contributed by atoms with E-state index in [1.54, 1.807) is 28.5 Å². The van der Waals surface area contributed by atoms with Gasteiger partial charge < -0.3 is 4.90 Å². The van der Waals surface area contributed by atoms with E-state index in [2.05, 4.69) is 20.9 Å². The lowest BCUT2D eigenvalue weighted by Gasteiger charge is -2.26. The highest BCUT2D eigenvalue weighted by Gasteiger charge is 2.22. The highest BCUT2D eigenvalue weighted by atomic mass is 79.9. The minimum Gasteiger partial charge on any atom is -0.331 e. The molecule has 3 nitrogen and oxygen atoms in total. The predicted molar refractivity (Wildman–Crippen MR) is 86.3 cm³/mol. The van der Waals surface area contributed by atoms with Crippen LogP contribution in [0.2, 0.25) is 5.15 Å². The smallest absolute Gasteiger partial charge is 0.257 e. The molecule has 0 aliphatic heterocycles. The number of rotatable bonds is 4. The van der Waals surface area contributed by atoms with Crippen LogP contribution in [0.5, 0.6) is 0 Å². The van der Waals surface area contributed by atoms with Gasteiger partial charge in [-0.05, 0) is 47.3 Å². The molecule has 0 aliphatic rings. The summed E-state index contributed by atoms with van der Waals surface area (Å²) in [6.45, 7) is 4.56. The van der Waals surface area contributed by atoms with Crippen molar-refractivity contribution < 1.29 is 4.79 Å². The van der Waals surface area contributed by atoms with Crippen LogP contribution in [-0.2, 0) is 6.54 Å². The molecule has 20 heavy (non-hydrogen) atoms. The molecule has 0 radical (unpaired) electrons. The van der Waals surface area contributed by atoms with E-state index >= 15 is 0 Å². The van der Waals surface area contributed by atoms with E-state index in [1.165, 1.54) is 0 Å². The second-order valence-corrected chi connectivity index (χ2v) is 6.90. The number of pyridine rings is 1. The van der Waals surface area contributed by atoms with E-state index in [0.717, 1.165) is 9.35 Å². The average molecular weight is 374 g/mol. The van der Waals surface area contributed by atoms with E-state index in [9.17, 15) is 4.79 Å². The van der Waals surface area contributed by atoms with Gasteiger partial charge in [0, 0.05) is 21.6 Å². The number of nitrogens with zero attached hydrogens (tertiary/aromatic N) is 2. The Morgan fingerprint density at radius 2 is 2.30 bits per heavy atom. The average Bonchev–Trinajstić information content (AvgIpc) is 2.90. The molecule has 2 aromatic heterocycles. The van der Waals surface area contributed by atoms with Gasteiger partial charge in [0.15, 0.2) is 0 Å². The van der Waals surface area contributed by atoms with Gasteiger partial charge in [-0.3, -0.25) is 4.79 Å². The Morgan fingerprint density at radius 1 is 1.55 bits per heavy atom. The molecular weight excluding hydrogens is 360 g/mol. The zero-order valence-electron chi connectivity index (χ0n) is 11.1. The number of aromatic nitrogens is 1. The number of halogens is 2. The van der Waals surface area contributed by atoms with Gasteiger partial charge in [0.25, 0.3) is 5.91 Å². The Morgan fingerprint density at radius 3 is 2.90 bits per heavy atom. The van der Waals surface area contributed by atoms with Crippen LogP contribution >= 0.6 is 38.9 Å². The molecule has 6 heteroatoms. The summed E-state index contributed by atoms with van der Waals surface area (Å²) in [6, 6.07) is 5.80. The number of hydrogen-bond acceptors (Lipinski definition) is 3. The predicted octanol–water partition coefficient (Wildman–Crippen LogP) is 4.61. The van der Waals surface area contributed by atoms with Crippen molar-refractivity contribution >= 4 is 44.8 Å². The topological polar surface area (TPSA) is 33.2 Å². The van der Waals surface area contributed by atoms with Crippen molar-refractivity contribution in [1.29, 1.82) is 0 Å². The van der Waals surface area contributed by atoms with E-state index in [0.29, 0.717) is 12.1 Å². The fourth-order valence-electron chi connectivity index (χ4n) is 1.79. The van der Waals surface area contributed by atoms with E-state index < -0.39 is 0 Å². The maximum absolute atomic E-state index is 12.7. The first-order valence-corrected chi connectivity index (χ1v) is 8.18. The van der Waals surface area contributed by atoms with Gasteiger partial charge in [-0.25, -0.2) is 4.98 Å². The van der Waals surface area contributed by atoms with Crippen LogP contribution in [0.4, 0.5) is 0 Å². The Labute approximate surface area is 135 Å². The largest absolute Gasteiger partial charge is 0.331 e. The van der Waals surface area contributed by atoms with Gasteiger partial charge in [-0.1, -0.05) is 17.7 Å². The van der Waals surface area contributed by atoms with Gasteiger partial charge in [0.05, 0.1) is 12.1 Å². The van der Waals surface area contributed by atoms with Crippen molar-refractivity contribution in [3.05, 3.63) is 49.8 Å². The molecule has 0 aliphatic carbocycles. The summed E-state index contributed by atoms with van der Waals surface area (Å²) in [6.07, 6.45) is 1.58. The normalized spacial score (nSPS) is 10.8. The summed E-state index contributed by atoms with van der Waals surface area (Å²) >= 11 is 11.0. The van der Waals surface area contributed by atoms with Crippen molar-refractivity contribution in [2.45, 2.75) is 26.4 Å². The number of carbonyl (C=O) groups is 1. The molecule has 2 heterocycles. The van der Waals surface area contributed by atoms with Crippen molar-refractivity contribution in [3.63, 3.8) is 0 Å². The SMILES string of the molecule is CC(C)N(Cc1cccs1)C(=O)c1cc(Br)cnc1Cl.